The molecule has 0 radical (unpaired) electrons. The highest BCUT2D eigenvalue weighted by Crippen LogP contribution is 2.12. The molecular formula is C25H22N4O5S. The summed E-state index contributed by atoms with van der Waals surface area (Å²) < 4.78 is 4.61. The molecule has 0 fully saturated rings. The molecule has 3 aromatic carbocycles. The van der Waals surface area contributed by atoms with Crippen molar-refractivity contribution in [1.82, 2.24) is 16.2 Å². The van der Waals surface area contributed by atoms with Crippen LogP contribution in [0.3, 0.4) is 0 Å². The van der Waals surface area contributed by atoms with E-state index in [1.54, 1.807) is 30.3 Å². The highest BCUT2D eigenvalue weighted by Gasteiger charge is 2.12. The molecule has 0 aliphatic rings. The molecule has 0 heterocycles. The van der Waals surface area contributed by atoms with Gasteiger partial charge in [-0.1, -0.05) is 17.7 Å². The van der Waals surface area contributed by atoms with Gasteiger partial charge < -0.3 is 10.1 Å². The lowest BCUT2D eigenvalue weighted by molar-refractivity contribution is 0.0600. The van der Waals surface area contributed by atoms with Crippen LogP contribution >= 0.6 is 12.2 Å². The van der Waals surface area contributed by atoms with Crippen LogP contribution in [0.5, 0.6) is 0 Å². The van der Waals surface area contributed by atoms with Gasteiger partial charge in [-0.25, -0.2) is 4.79 Å². The molecule has 3 aromatic rings. The topological polar surface area (TPSA) is 126 Å². The summed E-state index contributed by atoms with van der Waals surface area (Å²) in [5.74, 6) is -1.80. The fourth-order valence-electron chi connectivity index (χ4n) is 2.96. The van der Waals surface area contributed by atoms with E-state index in [1.165, 1.54) is 43.5 Å². The van der Waals surface area contributed by atoms with Crippen molar-refractivity contribution in [3.63, 3.8) is 0 Å². The molecule has 0 aromatic heterocycles. The van der Waals surface area contributed by atoms with Gasteiger partial charge in [0.25, 0.3) is 17.7 Å². The molecule has 0 atom stereocenters. The number of hydrazine groups is 1. The van der Waals surface area contributed by atoms with Crippen molar-refractivity contribution in [2.45, 2.75) is 6.92 Å². The number of rotatable bonds is 5. The first kappa shape index (κ1) is 25.1. The van der Waals surface area contributed by atoms with E-state index in [1.807, 2.05) is 13.0 Å². The Hall–Kier alpha value is -4.57. The van der Waals surface area contributed by atoms with Crippen LogP contribution in [0.1, 0.15) is 47.0 Å². The monoisotopic (exact) mass is 490 g/mol. The van der Waals surface area contributed by atoms with Gasteiger partial charge in [0.1, 0.15) is 0 Å². The number of carbonyl (C=O) groups excluding carboxylic acids is 4. The third kappa shape index (κ3) is 6.95. The summed E-state index contributed by atoms with van der Waals surface area (Å²) in [6.07, 6.45) is 0. The number of thiocarbonyl (C=S) groups is 1. The minimum absolute atomic E-state index is 0.123. The van der Waals surface area contributed by atoms with Crippen LogP contribution in [0.4, 0.5) is 5.69 Å². The van der Waals surface area contributed by atoms with Gasteiger partial charge in [-0.2, -0.15) is 0 Å². The summed E-state index contributed by atoms with van der Waals surface area (Å²) >= 11 is 5.03. The predicted octanol–water partition coefficient (Wildman–Crippen LogP) is 2.98. The molecule has 10 heteroatoms. The highest BCUT2D eigenvalue weighted by molar-refractivity contribution is 7.80. The van der Waals surface area contributed by atoms with Crippen LogP contribution in [0.25, 0.3) is 0 Å². The second kappa shape index (κ2) is 11.5. The molecule has 0 spiro atoms. The molecule has 0 aliphatic heterocycles. The Balaban J connectivity index is 1.49. The van der Waals surface area contributed by atoms with Gasteiger partial charge in [-0.3, -0.25) is 30.6 Å². The number of anilines is 1. The first-order valence-corrected chi connectivity index (χ1v) is 10.8. The van der Waals surface area contributed by atoms with Gasteiger partial charge in [0.15, 0.2) is 5.11 Å². The van der Waals surface area contributed by atoms with E-state index in [2.05, 4.69) is 26.2 Å². The Bertz CT molecular complexity index is 1270. The van der Waals surface area contributed by atoms with Crippen LogP contribution in [0.15, 0.2) is 72.8 Å². The third-order valence-corrected chi connectivity index (χ3v) is 4.97. The smallest absolute Gasteiger partial charge is 0.337 e. The summed E-state index contributed by atoms with van der Waals surface area (Å²) in [6.45, 7) is 1.90. The zero-order valence-corrected chi connectivity index (χ0v) is 19.7. The molecule has 0 bridgehead atoms. The summed E-state index contributed by atoms with van der Waals surface area (Å²) in [4.78, 5) is 48.4. The van der Waals surface area contributed by atoms with Crippen molar-refractivity contribution in [3.8, 4) is 0 Å². The number of hydrogen-bond donors (Lipinski definition) is 4. The Labute approximate surface area is 206 Å². The second-order valence-electron chi connectivity index (χ2n) is 7.33. The van der Waals surface area contributed by atoms with E-state index in [0.717, 1.165) is 5.56 Å². The number of amides is 3. The van der Waals surface area contributed by atoms with Crippen LogP contribution in [-0.4, -0.2) is 35.9 Å². The molecule has 0 unspecified atom stereocenters. The van der Waals surface area contributed by atoms with Crippen LogP contribution in [0.2, 0.25) is 0 Å². The van der Waals surface area contributed by atoms with Gasteiger partial charge in [-0.05, 0) is 79.8 Å². The average Bonchev–Trinajstić information content (AvgIpc) is 2.87. The number of esters is 1. The summed E-state index contributed by atoms with van der Waals surface area (Å²) in [7, 11) is 1.26. The van der Waals surface area contributed by atoms with Crippen LogP contribution in [0, 0.1) is 6.92 Å². The van der Waals surface area contributed by atoms with E-state index in [-0.39, 0.29) is 16.6 Å². The molecule has 9 nitrogen and oxygen atoms in total. The maximum atomic E-state index is 12.4. The normalized spacial score (nSPS) is 10.0. The highest BCUT2D eigenvalue weighted by atomic mass is 32.1. The zero-order valence-electron chi connectivity index (χ0n) is 18.9. The van der Waals surface area contributed by atoms with E-state index in [4.69, 9.17) is 12.2 Å². The number of benzene rings is 3. The maximum absolute atomic E-state index is 12.4. The molecule has 3 rings (SSSR count). The van der Waals surface area contributed by atoms with Gasteiger partial charge in [0, 0.05) is 22.4 Å². The third-order valence-electron chi connectivity index (χ3n) is 4.77. The molecule has 3 amide bonds. The number of aryl methyl sites for hydroxylation is 1. The fourth-order valence-corrected chi connectivity index (χ4v) is 3.11. The Morgan fingerprint density at radius 1 is 0.714 bits per heavy atom. The lowest BCUT2D eigenvalue weighted by atomic mass is 10.1. The van der Waals surface area contributed by atoms with Crippen LogP contribution < -0.4 is 21.5 Å². The Morgan fingerprint density at radius 3 is 1.94 bits per heavy atom. The number of hydrogen-bond acceptors (Lipinski definition) is 6. The van der Waals surface area contributed by atoms with Gasteiger partial charge in [0.05, 0.1) is 12.7 Å². The molecule has 178 valence electrons. The molecule has 0 saturated heterocycles. The van der Waals surface area contributed by atoms with Crippen LogP contribution in [-0.2, 0) is 4.74 Å². The first-order chi connectivity index (χ1) is 16.8. The number of nitrogens with one attached hydrogen (secondary N) is 4. The number of carbonyl (C=O) groups is 4. The Morgan fingerprint density at radius 2 is 1.31 bits per heavy atom. The van der Waals surface area contributed by atoms with Gasteiger partial charge >= 0.3 is 5.97 Å². The summed E-state index contributed by atoms with van der Waals surface area (Å²) in [6, 6.07) is 19.3. The van der Waals surface area contributed by atoms with Crippen molar-refractivity contribution in [2.75, 3.05) is 12.4 Å². The van der Waals surface area contributed by atoms with Crippen molar-refractivity contribution in [1.29, 1.82) is 0 Å². The molecule has 0 saturated carbocycles. The van der Waals surface area contributed by atoms with E-state index in [0.29, 0.717) is 22.4 Å². The zero-order chi connectivity index (χ0) is 25.4. The number of methoxy groups -OCH3 is 1. The standard InChI is InChI=1S/C25H22N4O5S/c1-15-4-3-5-19(14-15)22(31)26-20-12-10-17(11-13-20)23(32)28-29-25(35)27-21(30)16-6-8-18(9-7-16)24(33)34-2/h3-14H,1-2H3,(H,26,31)(H,28,32)(H2,27,29,30,35). The molecule has 35 heavy (non-hydrogen) atoms. The van der Waals surface area contributed by atoms with Crippen molar-refractivity contribution >= 4 is 46.7 Å². The van der Waals surface area contributed by atoms with E-state index >= 15 is 0 Å². The summed E-state index contributed by atoms with van der Waals surface area (Å²) in [5.41, 5.74) is 7.74. The maximum Gasteiger partial charge on any atom is 0.337 e. The second-order valence-corrected chi connectivity index (χ2v) is 7.74. The predicted molar refractivity (Wildman–Crippen MR) is 134 cm³/mol. The SMILES string of the molecule is COC(=O)c1ccc(C(=O)NC(=S)NNC(=O)c2ccc(NC(=O)c3cccc(C)c3)cc2)cc1. The van der Waals surface area contributed by atoms with Gasteiger partial charge in [0.2, 0.25) is 0 Å². The molecule has 4 N–H and O–H groups in total. The minimum Gasteiger partial charge on any atom is -0.465 e. The lowest BCUT2D eigenvalue weighted by Crippen LogP contribution is -2.48. The van der Waals surface area contributed by atoms with E-state index < -0.39 is 17.8 Å². The minimum atomic E-state index is -0.526. The largest absolute Gasteiger partial charge is 0.465 e. The lowest BCUT2D eigenvalue weighted by Gasteiger charge is -2.11. The fraction of sp³-hybridized carbons (Fsp3) is 0.0800. The van der Waals surface area contributed by atoms with Crippen molar-refractivity contribution < 1.29 is 23.9 Å². The van der Waals surface area contributed by atoms with Crippen molar-refractivity contribution in [3.05, 3.63) is 101 Å². The molecule has 0 aliphatic carbocycles. The first-order valence-electron chi connectivity index (χ1n) is 10.3. The Kier molecular flexibility index (Phi) is 8.25. The van der Waals surface area contributed by atoms with E-state index in [9.17, 15) is 19.2 Å². The average molecular weight is 491 g/mol. The van der Waals surface area contributed by atoms with Crippen molar-refractivity contribution in [2.24, 2.45) is 0 Å². The number of ether oxygens (including phenoxy) is 1. The van der Waals surface area contributed by atoms with Gasteiger partial charge in [-0.15, -0.1) is 0 Å². The quantitative estimate of drug-likeness (QED) is 0.246. The molecular weight excluding hydrogens is 468 g/mol. The summed E-state index contributed by atoms with van der Waals surface area (Å²) in [5, 5.41) is 5.07.